The molecular formula is C15H14N4O3. The van der Waals surface area contributed by atoms with Gasteiger partial charge >= 0.3 is 5.69 Å². The lowest BCUT2D eigenvalue weighted by molar-refractivity contribution is 0.579. The summed E-state index contributed by atoms with van der Waals surface area (Å²) in [5.41, 5.74) is -0.674. The third-order valence-corrected chi connectivity index (χ3v) is 3.70. The quantitative estimate of drug-likeness (QED) is 0.658. The third kappa shape index (κ3) is 2.16. The number of fused-ring (bicyclic) bond motifs is 1. The predicted octanol–water partition coefficient (Wildman–Crippen LogP) is -0.158. The molecule has 0 atom stereocenters. The van der Waals surface area contributed by atoms with E-state index in [1.54, 1.807) is 25.4 Å². The molecule has 0 bridgehead atoms. The molecule has 112 valence electrons. The van der Waals surface area contributed by atoms with Crippen molar-refractivity contribution in [2.75, 3.05) is 0 Å². The topological polar surface area (TPSA) is 78.9 Å². The minimum absolute atomic E-state index is 0.0610. The van der Waals surface area contributed by atoms with Gasteiger partial charge in [-0.15, -0.1) is 0 Å². The van der Waals surface area contributed by atoms with Crippen LogP contribution in [0.15, 0.2) is 50.9 Å². The number of hydrogen-bond acceptors (Lipinski definition) is 4. The van der Waals surface area contributed by atoms with E-state index in [2.05, 4.69) is 5.10 Å². The Morgan fingerprint density at radius 1 is 1.05 bits per heavy atom. The Kier molecular flexibility index (Phi) is 3.25. The van der Waals surface area contributed by atoms with Crippen LogP contribution in [0.1, 0.15) is 5.69 Å². The van der Waals surface area contributed by atoms with Gasteiger partial charge in [-0.3, -0.25) is 18.7 Å². The molecule has 0 fully saturated rings. The van der Waals surface area contributed by atoms with Gasteiger partial charge in [-0.1, -0.05) is 18.2 Å². The maximum atomic E-state index is 12.4. The van der Waals surface area contributed by atoms with Gasteiger partial charge in [-0.25, -0.2) is 9.48 Å². The second-order valence-corrected chi connectivity index (χ2v) is 5.07. The highest BCUT2D eigenvalue weighted by Gasteiger charge is 2.09. The highest BCUT2D eigenvalue weighted by molar-refractivity contribution is 5.80. The molecule has 7 heteroatoms. The Balaban J connectivity index is 2.16. The van der Waals surface area contributed by atoms with Crippen molar-refractivity contribution in [1.82, 2.24) is 18.9 Å². The van der Waals surface area contributed by atoms with Gasteiger partial charge in [0.15, 0.2) is 0 Å². The lowest BCUT2D eigenvalue weighted by atomic mass is 10.2. The first-order chi connectivity index (χ1) is 10.5. The molecule has 0 N–H and O–H groups in total. The van der Waals surface area contributed by atoms with Gasteiger partial charge in [-0.05, 0) is 6.07 Å². The van der Waals surface area contributed by atoms with Crippen molar-refractivity contribution in [1.29, 1.82) is 0 Å². The summed E-state index contributed by atoms with van der Waals surface area (Å²) in [7, 11) is 2.97. The van der Waals surface area contributed by atoms with Crippen LogP contribution in [0.3, 0.4) is 0 Å². The third-order valence-electron chi connectivity index (χ3n) is 3.70. The Bertz CT molecular complexity index is 1040. The Morgan fingerprint density at radius 2 is 1.77 bits per heavy atom. The molecule has 0 aliphatic rings. The summed E-state index contributed by atoms with van der Waals surface area (Å²) in [4.78, 5) is 36.1. The van der Waals surface area contributed by atoms with Crippen molar-refractivity contribution in [3.05, 3.63) is 73.4 Å². The molecule has 0 saturated heterocycles. The summed E-state index contributed by atoms with van der Waals surface area (Å²) in [6.45, 7) is 0.0610. The molecular weight excluding hydrogens is 284 g/mol. The fraction of sp³-hybridized carbons (Fsp3) is 0.200. The van der Waals surface area contributed by atoms with E-state index >= 15 is 0 Å². The summed E-state index contributed by atoms with van der Waals surface area (Å²) in [5, 5.41) is 5.40. The van der Waals surface area contributed by atoms with Crippen LogP contribution in [-0.4, -0.2) is 18.9 Å². The van der Waals surface area contributed by atoms with Crippen molar-refractivity contribution in [3.63, 3.8) is 0 Å². The van der Waals surface area contributed by atoms with Crippen LogP contribution in [0.2, 0.25) is 0 Å². The molecule has 3 rings (SSSR count). The molecule has 7 nitrogen and oxygen atoms in total. The summed E-state index contributed by atoms with van der Waals surface area (Å²) in [6, 6.07) is 8.48. The van der Waals surface area contributed by atoms with Crippen LogP contribution in [0.5, 0.6) is 0 Å². The lowest BCUT2D eigenvalue weighted by Crippen LogP contribution is -2.39. The molecule has 0 radical (unpaired) electrons. The number of hydrogen-bond donors (Lipinski definition) is 0. The average molecular weight is 298 g/mol. The Labute approximate surface area is 124 Å². The largest absolute Gasteiger partial charge is 0.330 e. The number of nitrogens with zero attached hydrogens (tertiary/aromatic N) is 4. The van der Waals surface area contributed by atoms with E-state index in [1.165, 1.54) is 22.4 Å². The summed E-state index contributed by atoms with van der Waals surface area (Å²) >= 11 is 0. The molecule has 3 aromatic rings. The Hall–Kier alpha value is -2.96. The first-order valence-electron chi connectivity index (χ1n) is 6.70. The van der Waals surface area contributed by atoms with E-state index in [1.807, 2.05) is 12.1 Å². The zero-order valence-electron chi connectivity index (χ0n) is 12.2. The van der Waals surface area contributed by atoms with Crippen molar-refractivity contribution in [3.8, 4) is 0 Å². The van der Waals surface area contributed by atoms with E-state index in [9.17, 15) is 14.4 Å². The standard InChI is InChI=1S/C15H14N4O3/c1-17-11(7-13(20)18(2)15(17)22)9-19-14(21)12-6-4-3-5-10(12)8-16-19/h3-8H,9H2,1-2H3. The van der Waals surface area contributed by atoms with Crippen molar-refractivity contribution in [2.45, 2.75) is 6.54 Å². The molecule has 0 unspecified atom stereocenters. The first kappa shape index (κ1) is 14.0. The monoisotopic (exact) mass is 298 g/mol. The Morgan fingerprint density at radius 3 is 2.55 bits per heavy atom. The van der Waals surface area contributed by atoms with Crippen LogP contribution in [0, 0.1) is 0 Å². The highest BCUT2D eigenvalue weighted by atomic mass is 16.2. The SMILES string of the molecule is Cn1c(Cn2ncc3ccccc3c2=O)cc(=O)n(C)c1=O. The maximum absolute atomic E-state index is 12.4. The van der Waals surface area contributed by atoms with E-state index in [0.29, 0.717) is 11.1 Å². The van der Waals surface area contributed by atoms with Crippen molar-refractivity contribution in [2.24, 2.45) is 14.1 Å². The van der Waals surface area contributed by atoms with Crippen LogP contribution >= 0.6 is 0 Å². The molecule has 0 amide bonds. The lowest BCUT2D eigenvalue weighted by Gasteiger charge is -2.10. The van der Waals surface area contributed by atoms with Crippen molar-refractivity contribution < 1.29 is 0 Å². The van der Waals surface area contributed by atoms with Gasteiger partial charge < -0.3 is 0 Å². The van der Waals surface area contributed by atoms with Gasteiger partial charge in [-0.2, -0.15) is 5.10 Å². The van der Waals surface area contributed by atoms with E-state index in [0.717, 1.165) is 9.95 Å². The smallest absolute Gasteiger partial charge is 0.299 e. The fourth-order valence-electron chi connectivity index (χ4n) is 2.32. The van der Waals surface area contributed by atoms with Gasteiger partial charge in [0.25, 0.3) is 11.1 Å². The molecule has 0 spiro atoms. The van der Waals surface area contributed by atoms with Gasteiger partial charge in [0.2, 0.25) is 0 Å². The van der Waals surface area contributed by atoms with E-state index < -0.39 is 11.2 Å². The molecule has 0 aliphatic heterocycles. The summed E-state index contributed by atoms with van der Waals surface area (Å²) < 4.78 is 3.60. The minimum atomic E-state index is -0.434. The minimum Gasteiger partial charge on any atom is -0.299 e. The van der Waals surface area contributed by atoms with Crippen LogP contribution in [-0.2, 0) is 20.6 Å². The van der Waals surface area contributed by atoms with Gasteiger partial charge in [0.1, 0.15) is 0 Å². The average Bonchev–Trinajstić information content (AvgIpc) is 2.53. The van der Waals surface area contributed by atoms with Gasteiger partial charge in [0.05, 0.1) is 18.1 Å². The van der Waals surface area contributed by atoms with Gasteiger partial charge in [0, 0.05) is 31.2 Å². The summed E-state index contributed by atoms with van der Waals surface area (Å²) in [6.07, 6.45) is 1.59. The predicted molar refractivity (Wildman–Crippen MR) is 82.0 cm³/mol. The van der Waals surface area contributed by atoms with E-state index in [4.69, 9.17) is 0 Å². The molecule has 0 aliphatic carbocycles. The molecule has 22 heavy (non-hydrogen) atoms. The van der Waals surface area contributed by atoms with Crippen molar-refractivity contribution >= 4 is 10.8 Å². The number of aromatic nitrogens is 4. The second kappa shape index (κ2) is 5.10. The van der Waals surface area contributed by atoms with Crippen LogP contribution in [0.25, 0.3) is 10.8 Å². The molecule has 0 saturated carbocycles. The fourth-order valence-corrected chi connectivity index (χ4v) is 2.32. The summed E-state index contributed by atoms with van der Waals surface area (Å²) in [5.74, 6) is 0. The number of rotatable bonds is 2. The first-order valence-corrected chi connectivity index (χ1v) is 6.70. The normalized spacial score (nSPS) is 11.0. The van der Waals surface area contributed by atoms with Crippen LogP contribution in [0.4, 0.5) is 0 Å². The highest BCUT2D eigenvalue weighted by Crippen LogP contribution is 2.06. The van der Waals surface area contributed by atoms with E-state index in [-0.39, 0.29) is 12.1 Å². The zero-order valence-corrected chi connectivity index (χ0v) is 12.2. The molecule has 2 heterocycles. The molecule has 1 aromatic carbocycles. The maximum Gasteiger partial charge on any atom is 0.330 e. The molecule has 2 aromatic heterocycles. The van der Waals surface area contributed by atoms with Crippen LogP contribution < -0.4 is 16.8 Å². The second-order valence-electron chi connectivity index (χ2n) is 5.07. The number of benzene rings is 1. The zero-order chi connectivity index (χ0) is 15.9.